The maximum atomic E-state index is 12.1. The lowest BCUT2D eigenvalue weighted by molar-refractivity contribution is 0.0804. The van der Waals surface area contributed by atoms with Gasteiger partial charge in [-0.3, -0.25) is 0 Å². The highest BCUT2D eigenvalue weighted by molar-refractivity contribution is 5.42. The van der Waals surface area contributed by atoms with Crippen LogP contribution in [-0.4, -0.2) is 26.7 Å². The molecule has 0 spiro atoms. The standard InChI is InChI=1S/C13H19F2NO2/c1-3-6-16-8-10-4-5-11(12(7-10)17-2)18-9-13(14)15/h4-5,7,13,16H,3,6,8-9H2,1-2H3. The molecule has 1 N–H and O–H groups in total. The van der Waals surface area contributed by atoms with Crippen molar-refractivity contribution in [1.29, 1.82) is 0 Å². The van der Waals surface area contributed by atoms with Gasteiger partial charge in [0.2, 0.25) is 0 Å². The number of methoxy groups -OCH3 is 1. The minimum absolute atomic E-state index is 0.344. The van der Waals surface area contributed by atoms with Crippen molar-refractivity contribution < 1.29 is 18.3 Å². The molecule has 5 heteroatoms. The van der Waals surface area contributed by atoms with Crippen molar-refractivity contribution in [2.75, 3.05) is 20.3 Å². The Bertz CT molecular complexity index is 359. The first-order chi connectivity index (χ1) is 8.67. The maximum absolute atomic E-state index is 12.1. The Balaban J connectivity index is 2.64. The van der Waals surface area contributed by atoms with Gasteiger partial charge in [-0.05, 0) is 30.7 Å². The SMILES string of the molecule is CCCNCc1ccc(OCC(F)F)c(OC)c1. The molecule has 0 unspecified atom stereocenters. The predicted molar refractivity (Wildman–Crippen MR) is 66.5 cm³/mol. The number of hydrogen-bond donors (Lipinski definition) is 1. The number of nitrogens with one attached hydrogen (secondary N) is 1. The Labute approximate surface area is 106 Å². The molecule has 0 aliphatic heterocycles. The second kappa shape index (κ2) is 7.87. The molecule has 0 aromatic heterocycles. The number of rotatable bonds is 8. The van der Waals surface area contributed by atoms with Crippen molar-refractivity contribution >= 4 is 0 Å². The molecule has 0 saturated carbocycles. The molecular formula is C13H19F2NO2. The number of benzene rings is 1. The second-order valence-corrected chi connectivity index (χ2v) is 3.86. The number of ether oxygens (including phenoxy) is 2. The van der Waals surface area contributed by atoms with Gasteiger partial charge in [0, 0.05) is 6.54 Å². The van der Waals surface area contributed by atoms with E-state index in [1.165, 1.54) is 7.11 Å². The average Bonchev–Trinajstić information content (AvgIpc) is 2.37. The predicted octanol–water partition coefficient (Wildman–Crippen LogP) is 2.84. The highest BCUT2D eigenvalue weighted by Crippen LogP contribution is 2.28. The molecule has 0 atom stereocenters. The zero-order valence-electron chi connectivity index (χ0n) is 10.7. The minimum Gasteiger partial charge on any atom is -0.493 e. The second-order valence-electron chi connectivity index (χ2n) is 3.86. The van der Waals surface area contributed by atoms with Gasteiger partial charge in [-0.15, -0.1) is 0 Å². The summed E-state index contributed by atoms with van der Waals surface area (Å²) in [7, 11) is 1.49. The van der Waals surface area contributed by atoms with Crippen molar-refractivity contribution in [1.82, 2.24) is 5.32 Å². The van der Waals surface area contributed by atoms with Crippen LogP contribution in [0.25, 0.3) is 0 Å². The van der Waals surface area contributed by atoms with Crippen molar-refractivity contribution in [2.24, 2.45) is 0 Å². The van der Waals surface area contributed by atoms with Crippen molar-refractivity contribution in [3.63, 3.8) is 0 Å². The van der Waals surface area contributed by atoms with Crippen LogP contribution < -0.4 is 14.8 Å². The van der Waals surface area contributed by atoms with Gasteiger partial charge in [-0.25, -0.2) is 8.78 Å². The Morgan fingerprint density at radius 2 is 2.06 bits per heavy atom. The summed E-state index contributed by atoms with van der Waals surface area (Å²) in [6, 6.07) is 5.29. The summed E-state index contributed by atoms with van der Waals surface area (Å²) >= 11 is 0. The van der Waals surface area contributed by atoms with Crippen LogP contribution >= 0.6 is 0 Å². The van der Waals surface area contributed by atoms with Crippen molar-refractivity contribution in [3.8, 4) is 11.5 Å². The van der Waals surface area contributed by atoms with Gasteiger partial charge in [-0.2, -0.15) is 0 Å². The van der Waals surface area contributed by atoms with E-state index in [1.54, 1.807) is 12.1 Å². The zero-order chi connectivity index (χ0) is 13.4. The highest BCUT2D eigenvalue weighted by atomic mass is 19.3. The molecule has 0 bridgehead atoms. The van der Waals surface area contributed by atoms with E-state index in [0.29, 0.717) is 11.5 Å². The number of alkyl halides is 2. The van der Waals surface area contributed by atoms with E-state index in [4.69, 9.17) is 9.47 Å². The fourth-order valence-corrected chi connectivity index (χ4v) is 1.50. The van der Waals surface area contributed by atoms with E-state index in [2.05, 4.69) is 12.2 Å². The lowest BCUT2D eigenvalue weighted by atomic mass is 10.2. The first kappa shape index (κ1) is 14.7. The van der Waals surface area contributed by atoms with Crippen LogP contribution in [0.3, 0.4) is 0 Å². The summed E-state index contributed by atoms with van der Waals surface area (Å²) in [5.74, 6) is 0.823. The first-order valence-electron chi connectivity index (χ1n) is 5.96. The van der Waals surface area contributed by atoms with E-state index in [-0.39, 0.29) is 0 Å². The van der Waals surface area contributed by atoms with Crippen LogP contribution in [0.4, 0.5) is 8.78 Å². The molecule has 0 aliphatic rings. The molecule has 0 saturated heterocycles. The Morgan fingerprint density at radius 1 is 1.28 bits per heavy atom. The summed E-state index contributed by atoms with van der Waals surface area (Å²) in [5.41, 5.74) is 1.03. The fourth-order valence-electron chi connectivity index (χ4n) is 1.50. The van der Waals surface area contributed by atoms with Gasteiger partial charge >= 0.3 is 0 Å². The van der Waals surface area contributed by atoms with E-state index in [9.17, 15) is 8.78 Å². The summed E-state index contributed by atoms with van der Waals surface area (Å²) in [6.07, 6.45) is -1.42. The van der Waals surface area contributed by atoms with Crippen LogP contribution in [0.1, 0.15) is 18.9 Å². The van der Waals surface area contributed by atoms with Gasteiger partial charge in [0.1, 0.15) is 6.61 Å². The first-order valence-corrected chi connectivity index (χ1v) is 5.96. The lowest BCUT2D eigenvalue weighted by Gasteiger charge is -2.12. The Kier molecular flexibility index (Phi) is 6.43. The topological polar surface area (TPSA) is 30.5 Å². The zero-order valence-corrected chi connectivity index (χ0v) is 10.7. The molecule has 0 fully saturated rings. The molecule has 0 heterocycles. The molecule has 3 nitrogen and oxygen atoms in total. The molecule has 1 rings (SSSR count). The molecule has 0 aliphatic carbocycles. The maximum Gasteiger partial charge on any atom is 0.272 e. The van der Waals surface area contributed by atoms with Crippen LogP contribution in [0.5, 0.6) is 11.5 Å². The molecule has 102 valence electrons. The van der Waals surface area contributed by atoms with E-state index >= 15 is 0 Å². The Hall–Kier alpha value is -1.36. The van der Waals surface area contributed by atoms with Gasteiger partial charge in [0.15, 0.2) is 11.5 Å². The van der Waals surface area contributed by atoms with Crippen LogP contribution in [0.2, 0.25) is 0 Å². The van der Waals surface area contributed by atoms with Crippen LogP contribution in [0.15, 0.2) is 18.2 Å². The molecule has 18 heavy (non-hydrogen) atoms. The van der Waals surface area contributed by atoms with Crippen LogP contribution in [0, 0.1) is 0 Å². The summed E-state index contributed by atoms with van der Waals surface area (Å²) in [6.45, 7) is 3.13. The third-order valence-electron chi connectivity index (χ3n) is 2.35. The quantitative estimate of drug-likeness (QED) is 0.728. The number of hydrogen-bond acceptors (Lipinski definition) is 3. The van der Waals surface area contributed by atoms with E-state index in [0.717, 1.165) is 25.1 Å². The van der Waals surface area contributed by atoms with Gasteiger partial charge < -0.3 is 14.8 Å². The van der Waals surface area contributed by atoms with E-state index in [1.807, 2.05) is 6.07 Å². The molecule has 1 aromatic carbocycles. The van der Waals surface area contributed by atoms with Crippen LogP contribution in [-0.2, 0) is 6.54 Å². The highest BCUT2D eigenvalue weighted by Gasteiger charge is 2.09. The third kappa shape index (κ3) is 4.87. The third-order valence-corrected chi connectivity index (χ3v) is 2.35. The summed E-state index contributed by atoms with van der Waals surface area (Å²) in [5, 5.41) is 3.26. The normalized spacial score (nSPS) is 10.7. The van der Waals surface area contributed by atoms with Gasteiger partial charge in [0.25, 0.3) is 6.43 Å². The molecular weight excluding hydrogens is 240 g/mol. The largest absolute Gasteiger partial charge is 0.493 e. The lowest BCUT2D eigenvalue weighted by Crippen LogP contribution is -2.14. The van der Waals surface area contributed by atoms with Crippen molar-refractivity contribution in [3.05, 3.63) is 23.8 Å². The minimum atomic E-state index is -2.49. The van der Waals surface area contributed by atoms with Gasteiger partial charge in [-0.1, -0.05) is 13.0 Å². The average molecular weight is 259 g/mol. The summed E-state index contributed by atoms with van der Waals surface area (Å²) < 4.78 is 34.2. The fraction of sp³-hybridized carbons (Fsp3) is 0.538. The molecule has 0 radical (unpaired) electrons. The van der Waals surface area contributed by atoms with E-state index < -0.39 is 13.0 Å². The monoisotopic (exact) mass is 259 g/mol. The Morgan fingerprint density at radius 3 is 2.67 bits per heavy atom. The van der Waals surface area contributed by atoms with Crippen molar-refractivity contribution in [2.45, 2.75) is 26.3 Å². The number of halogens is 2. The smallest absolute Gasteiger partial charge is 0.272 e. The molecule has 0 amide bonds. The molecule has 1 aromatic rings. The summed E-state index contributed by atoms with van der Waals surface area (Å²) in [4.78, 5) is 0. The van der Waals surface area contributed by atoms with Gasteiger partial charge in [0.05, 0.1) is 7.11 Å².